The van der Waals surface area contributed by atoms with E-state index in [-0.39, 0.29) is 25.9 Å². The second kappa shape index (κ2) is 7.28. The van der Waals surface area contributed by atoms with E-state index in [1.165, 1.54) is 13.8 Å². The summed E-state index contributed by atoms with van der Waals surface area (Å²) in [5.74, 6) is -4.14. The number of piperidine rings is 1. The zero-order valence-corrected chi connectivity index (χ0v) is 15.1. The van der Waals surface area contributed by atoms with Gasteiger partial charge in [-0.05, 0) is 44.9 Å². The lowest BCUT2D eigenvalue weighted by molar-refractivity contribution is -0.146. The maximum atomic E-state index is 13.8. The number of nitrogens with zero attached hydrogens (tertiary/aromatic N) is 1. The number of sulfonamides is 1. The first-order chi connectivity index (χ1) is 11.9. The van der Waals surface area contributed by atoms with E-state index in [1.54, 1.807) is 0 Å². The van der Waals surface area contributed by atoms with Gasteiger partial charge in [-0.2, -0.15) is 4.31 Å². The van der Waals surface area contributed by atoms with Crippen molar-refractivity contribution in [2.45, 2.75) is 37.1 Å². The molecule has 1 amide bonds. The van der Waals surface area contributed by atoms with Crippen LogP contribution < -0.4 is 5.32 Å². The quantitative estimate of drug-likeness (QED) is 0.790. The summed E-state index contributed by atoms with van der Waals surface area (Å²) in [4.78, 5) is 22.5. The molecule has 2 N–H and O–H groups in total. The minimum Gasteiger partial charge on any atom is -0.480 e. The van der Waals surface area contributed by atoms with Gasteiger partial charge in [0, 0.05) is 19.0 Å². The molecule has 2 rings (SSSR count). The van der Waals surface area contributed by atoms with E-state index in [4.69, 9.17) is 5.11 Å². The highest BCUT2D eigenvalue weighted by Gasteiger charge is 2.36. The lowest BCUT2D eigenvalue weighted by atomic mass is 9.95. The van der Waals surface area contributed by atoms with Gasteiger partial charge in [-0.15, -0.1) is 0 Å². The number of rotatable bonds is 5. The van der Waals surface area contributed by atoms with Crippen LogP contribution in [0.1, 0.15) is 26.7 Å². The molecule has 7 nitrogen and oxygen atoms in total. The molecule has 1 fully saturated rings. The van der Waals surface area contributed by atoms with Crippen LogP contribution in [-0.4, -0.2) is 48.3 Å². The lowest BCUT2D eigenvalue weighted by Gasteiger charge is -2.32. The number of amides is 1. The Kier molecular flexibility index (Phi) is 5.67. The van der Waals surface area contributed by atoms with E-state index in [2.05, 4.69) is 5.32 Å². The van der Waals surface area contributed by atoms with Gasteiger partial charge in [0.2, 0.25) is 15.9 Å². The van der Waals surface area contributed by atoms with E-state index in [0.29, 0.717) is 6.07 Å². The fourth-order valence-corrected chi connectivity index (χ4v) is 4.18. The molecule has 1 aromatic rings. The van der Waals surface area contributed by atoms with Crippen molar-refractivity contribution in [2.24, 2.45) is 5.92 Å². The number of carbonyl (C=O) groups is 2. The number of benzene rings is 1. The van der Waals surface area contributed by atoms with Crippen molar-refractivity contribution < 1.29 is 31.9 Å². The van der Waals surface area contributed by atoms with Crippen molar-refractivity contribution in [3.63, 3.8) is 0 Å². The predicted octanol–water partition coefficient (Wildman–Crippen LogP) is 1.34. The van der Waals surface area contributed by atoms with Gasteiger partial charge in [0.25, 0.3) is 0 Å². The number of nitrogens with one attached hydrogen (secondary N) is 1. The average Bonchev–Trinajstić information content (AvgIpc) is 2.56. The zero-order chi connectivity index (χ0) is 19.7. The Balaban J connectivity index is 2.07. The predicted molar refractivity (Wildman–Crippen MR) is 87.7 cm³/mol. The Hall–Kier alpha value is -2.07. The molecule has 0 spiro atoms. The molecule has 0 unspecified atom stereocenters. The van der Waals surface area contributed by atoms with Crippen LogP contribution in [0.2, 0.25) is 0 Å². The number of hydrogen-bond acceptors (Lipinski definition) is 4. The van der Waals surface area contributed by atoms with Crippen molar-refractivity contribution in [1.82, 2.24) is 9.62 Å². The average molecular weight is 390 g/mol. The molecule has 1 aliphatic rings. The monoisotopic (exact) mass is 390 g/mol. The van der Waals surface area contributed by atoms with Crippen LogP contribution in [0.5, 0.6) is 0 Å². The van der Waals surface area contributed by atoms with E-state index in [9.17, 15) is 26.8 Å². The van der Waals surface area contributed by atoms with Gasteiger partial charge in [0.1, 0.15) is 22.1 Å². The highest BCUT2D eigenvalue weighted by molar-refractivity contribution is 7.89. The number of carbonyl (C=O) groups excluding carboxylic acids is 1. The molecule has 1 heterocycles. The minimum absolute atomic E-state index is 0.0517. The van der Waals surface area contributed by atoms with Gasteiger partial charge in [0.05, 0.1) is 0 Å². The van der Waals surface area contributed by atoms with E-state index >= 15 is 0 Å². The third kappa shape index (κ3) is 4.18. The Morgan fingerprint density at radius 2 is 1.81 bits per heavy atom. The molecular formula is C16H20F2N2O5S. The van der Waals surface area contributed by atoms with Crippen molar-refractivity contribution in [1.29, 1.82) is 0 Å². The molecule has 10 heteroatoms. The Morgan fingerprint density at radius 1 is 1.23 bits per heavy atom. The topological polar surface area (TPSA) is 104 Å². The molecule has 26 heavy (non-hydrogen) atoms. The molecule has 0 atom stereocenters. The second-order valence-electron chi connectivity index (χ2n) is 6.67. The summed E-state index contributed by atoms with van der Waals surface area (Å²) in [6.07, 6.45) is 0.301. The number of carboxylic acid groups (broad SMARTS) is 1. The smallest absolute Gasteiger partial charge is 0.328 e. The fourth-order valence-electron chi connectivity index (χ4n) is 2.64. The Bertz CT molecular complexity index is 818. The number of hydrogen-bond donors (Lipinski definition) is 2. The standard InChI is InChI=1S/C16H20F2N2O5S/c1-16(2,15(22)23)19-14(21)10-5-7-20(8-6-10)26(24,25)13-9-11(17)3-4-12(13)18/h3-4,9-10H,5-8H2,1-2H3,(H,19,21)(H,22,23). The van der Waals surface area contributed by atoms with E-state index in [1.807, 2.05) is 0 Å². The van der Waals surface area contributed by atoms with Crippen LogP contribution in [-0.2, 0) is 19.6 Å². The highest BCUT2D eigenvalue weighted by Crippen LogP contribution is 2.26. The van der Waals surface area contributed by atoms with Crippen LogP contribution in [0.15, 0.2) is 23.1 Å². The first-order valence-corrected chi connectivity index (χ1v) is 9.40. The normalized spacial score (nSPS) is 17.1. The van der Waals surface area contributed by atoms with E-state index in [0.717, 1.165) is 16.4 Å². The summed E-state index contributed by atoms with van der Waals surface area (Å²) in [6, 6.07) is 2.20. The van der Waals surface area contributed by atoms with Crippen LogP contribution in [0.25, 0.3) is 0 Å². The first-order valence-electron chi connectivity index (χ1n) is 7.96. The first kappa shape index (κ1) is 20.2. The molecule has 0 bridgehead atoms. The number of aliphatic carboxylic acids is 1. The van der Waals surface area contributed by atoms with Crippen LogP contribution in [0, 0.1) is 17.6 Å². The minimum atomic E-state index is -4.22. The van der Waals surface area contributed by atoms with Crippen molar-refractivity contribution >= 4 is 21.9 Å². The zero-order valence-electron chi connectivity index (χ0n) is 14.3. The maximum absolute atomic E-state index is 13.8. The Morgan fingerprint density at radius 3 is 2.35 bits per heavy atom. The van der Waals surface area contributed by atoms with Gasteiger partial charge in [-0.3, -0.25) is 4.79 Å². The van der Waals surface area contributed by atoms with Gasteiger partial charge in [0.15, 0.2) is 0 Å². The number of halogens is 2. The van der Waals surface area contributed by atoms with Gasteiger partial charge in [-0.1, -0.05) is 0 Å². The van der Waals surface area contributed by atoms with Crippen LogP contribution in [0.4, 0.5) is 8.78 Å². The van der Waals surface area contributed by atoms with Crippen LogP contribution >= 0.6 is 0 Å². The van der Waals surface area contributed by atoms with Gasteiger partial charge >= 0.3 is 5.97 Å². The summed E-state index contributed by atoms with van der Waals surface area (Å²) < 4.78 is 53.1. The molecule has 1 aromatic carbocycles. The highest BCUT2D eigenvalue weighted by atomic mass is 32.2. The molecule has 0 aliphatic carbocycles. The summed E-state index contributed by atoms with van der Waals surface area (Å²) in [5.41, 5.74) is -1.44. The summed E-state index contributed by atoms with van der Waals surface area (Å²) >= 11 is 0. The van der Waals surface area contributed by atoms with Gasteiger partial charge in [-0.25, -0.2) is 22.0 Å². The molecule has 0 aromatic heterocycles. The summed E-state index contributed by atoms with van der Waals surface area (Å²) in [6.45, 7) is 2.59. The third-order valence-corrected chi connectivity index (χ3v) is 6.22. The fraction of sp³-hybridized carbons (Fsp3) is 0.500. The molecular weight excluding hydrogens is 370 g/mol. The molecule has 0 saturated carbocycles. The van der Waals surface area contributed by atoms with Gasteiger partial charge < -0.3 is 10.4 Å². The molecule has 1 aliphatic heterocycles. The lowest BCUT2D eigenvalue weighted by Crippen LogP contribution is -2.53. The third-order valence-electron chi connectivity index (χ3n) is 4.31. The number of carboxylic acids is 1. The SMILES string of the molecule is CC(C)(NC(=O)C1CCN(S(=O)(=O)c2cc(F)ccc2F)CC1)C(=O)O. The molecule has 1 saturated heterocycles. The Labute approximate surface area is 150 Å². The van der Waals surface area contributed by atoms with Crippen molar-refractivity contribution in [3.8, 4) is 0 Å². The van der Waals surface area contributed by atoms with Crippen molar-refractivity contribution in [2.75, 3.05) is 13.1 Å². The summed E-state index contributed by atoms with van der Waals surface area (Å²) in [5, 5.41) is 11.5. The van der Waals surface area contributed by atoms with Crippen molar-refractivity contribution in [3.05, 3.63) is 29.8 Å². The molecule has 144 valence electrons. The largest absolute Gasteiger partial charge is 0.480 e. The second-order valence-corrected chi connectivity index (χ2v) is 8.58. The maximum Gasteiger partial charge on any atom is 0.328 e. The van der Waals surface area contributed by atoms with E-state index < -0.39 is 49.9 Å². The van der Waals surface area contributed by atoms with Crippen LogP contribution in [0.3, 0.4) is 0 Å². The summed E-state index contributed by atoms with van der Waals surface area (Å²) in [7, 11) is -4.22. The molecule has 0 radical (unpaired) electrons.